The number of benzene rings is 2. The molecule has 2 aromatic rings. The van der Waals surface area contributed by atoms with Crippen LogP contribution < -0.4 is 5.32 Å². The second-order valence-corrected chi connectivity index (χ2v) is 9.42. The molecule has 0 atom stereocenters. The second kappa shape index (κ2) is 10.8. The van der Waals surface area contributed by atoms with Gasteiger partial charge >= 0.3 is 6.18 Å². The molecule has 8 heteroatoms. The number of carbonyl (C=O) groups excluding carboxylic acids is 1. The third-order valence-electron chi connectivity index (χ3n) is 7.18. The van der Waals surface area contributed by atoms with Crippen LogP contribution in [0.5, 0.6) is 0 Å². The smallest absolute Gasteiger partial charge is 0.352 e. The van der Waals surface area contributed by atoms with Crippen LogP contribution in [0.2, 0.25) is 0 Å². The van der Waals surface area contributed by atoms with Crippen LogP contribution in [0.1, 0.15) is 54.4 Å². The number of nitrogens with one attached hydrogen (secondary N) is 1. The molecule has 182 valence electrons. The molecule has 34 heavy (non-hydrogen) atoms. The first kappa shape index (κ1) is 26.1. The molecule has 1 amide bonds. The van der Waals surface area contributed by atoms with E-state index in [0.717, 1.165) is 57.8 Å². The molecule has 1 aliphatic carbocycles. The highest BCUT2D eigenvalue weighted by atomic mass is 35.5. The van der Waals surface area contributed by atoms with E-state index in [0.29, 0.717) is 0 Å². The highest BCUT2D eigenvalue weighted by molar-refractivity contribution is 5.85. The molecule has 1 aliphatic heterocycles. The monoisotopic (exact) mass is 491 g/mol. The lowest BCUT2D eigenvalue weighted by Crippen LogP contribution is -2.37. The summed E-state index contributed by atoms with van der Waals surface area (Å²) in [6, 6.07) is 15.6. The topological polar surface area (TPSA) is 56.1 Å². The van der Waals surface area contributed by atoms with Crippen molar-refractivity contribution in [1.29, 1.82) is 5.26 Å². The fourth-order valence-electron chi connectivity index (χ4n) is 5.30. The van der Waals surface area contributed by atoms with Gasteiger partial charge in [-0.2, -0.15) is 18.4 Å². The summed E-state index contributed by atoms with van der Waals surface area (Å²) < 4.78 is 40.1. The number of hydrogen-bond donors (Lipinski definition) is 1. The Labute approximate surface area is 204 Å². The van der Waals surface area contributed by atoms with Crippen molar-refractivity contribution in [1.82, 2.24) is 10.2 Å². The van der Waals surface area contributed by atoms with E-state index in [4.69, 9.17) is 5.26 Å². The average molecular weight is 492 g/mol. The number of likely N-dealkylation sites (tertiary alicyclic amines) is 1. The van der Waals surface area contributed by atoms with Crippen molar-refractivity contribution < 1.29 is 18.0 Å². The number of nitrogens with zero attached hydrogens (tertiary/aromatic N) is 2. The van der Waals surface area contributed by atoms with Gasteiger partial charge < -0.3 is 5.32 Å². The Balaban J connectivity index is 0.00000324. The molecule has 0 aromatic heterocycles. The molecule has 1 saturated heterocycles. The third kappa shape index (κ3) is 6.11. The van der Waals surface area contributed by atoms with Crippen LogP contribution in [0.4, 0.5) is 13.2 Å². The maximum absolute atomic E-state index is 13.4. The number of carbonyl (C=O) groups is 1. The van der Waals surface area contributed by atoms with Crippen LogP contribution in [0.25, 0.3) is 0 Å². The minimum absolute atomic E-state index is 0. The highest BCUT2D eigenvalue weighted by Gasteiger charge is 2.42. The molecule has 1 spiro atoms. The van der Waals surface area contributed by atoms with Gasteiger partial charge in [-0.25, -0.2) is 0 Å². The molecule has 1 N–H and O–H groups in total. The molecule has 0 bridgehead atoms. The Hall–Kier alpha value is -2.56. The number of amides is 1. The number of nitriles is 1. The predicted molar refractivity (Wildman–Crippen MR) is 126 cm³/mol. The fourth-order valence-corrected chi connectivity index (χ4v) is 5.30. The molecule has 0 unspecified atom stereocenters. The van der Waals surface area contributed by atoms with Crippen LogP contribution in [-0.4, -0.2) is 23.9 Å². The van der Waals surface area contributed by atoms with Crippen LogP contribution in [-0.2, 0) is 24.1 Å². The Bertz CT molecular complexity index is 1030. The Morgan fingerprint density at radius 1 is 1.12 bits per heavy atom. The minimum atomic E-state index is -4.57. The minimum Gasteiger partial charge on any atom is -0.352 e. The Kier molecular flexibility index (Phi) is 8.27. The van der Waals surface area contributed by atoms with E-state index in [-0.39, 0.29) is 47.3 Å². The van der Waals surface area contributed by atoms with Crippen LogP contribution in [0, 0.1) is 22.7 Å². The number of hydrogen-bond acceptors (Lipinski definition) is 3. The zero-order chi connectivity index (χ0) is 23.5. The van der Waals surface area contributed by atoms with E-state index in [1.807, 2.05) is 6.07 Å². The summed E-state index contributed by atoms with van der Waals surface area (Å²) in [6.07, 6.45) is 0.0453. The van der Waals surface area contributed by atoms with Crippen LogP contribution in [0.15, 0.2) is 48.5 Å². The third-order valence-corrected chi connectivity index (χ3v) is 7.18. The van der Waals surface area contributed by atoms with Crippen molar-refractivity contribution in [2.75, 3.05) is 13.1 Å². The van der Waals surface area contributed by atoms with E-state index < -0.39 is 11.7 Å². The first-order valence-corrected chi connectivity index (χ1v) is 11.4. The molecule has 2 fully saturated rings. The largest absolute Gasteiger partial charge is 0.416 e. The predicted octanol–water partition coefficient (Wildman–Crippen LogP) is 5.70. The summed E-state index contributed by atoms with van der Waals surface area (Å²) in [6.45, 7) is 2.85. The number of halogens is 4. The van der Waals surface area contributed by atoms with Gasteiger partial charge in [-0.3, -0.25) is 9.69 Å². The van der Waals surface area contributed by atoms with Crippen molar-refractivity contribution in [2.24, 2.45) is 11.3 Å². The van der Waals surface area contributed by atoms with E-state index >= 15 is 0 Å². The standard InChI is InChI=1S/C26H28F3N3O.ClH/c27-26(28,29)23-14-20(15-30)6-7-22(23)16-31-24(33)21-8-10-25(11-9-21)12-13-32(18-25)17-19-4-2-1-3-5-19;/h1-7,14,21H,8-13,16-18H2,(H,31,33);1H. The van der Waals surface area contributed by atoms with Crippen molar-refractivity contribution in [3.63, 3.8) is 0 Å². The normalized spacial score (nSPS) is 22.7. The first-order chi connectivity index (χ1) is 15.8. The molecule has 2 aromatic carbocycles. The van der Waals surface area contributed by atoms with Gasteiger partial charge in [0.2, 0.25) is 5.91 Å². The van der Waals surface area contributed by atoms with E-state index in [1.165, 1.54) is 17.7 Å². The Morgan fingerprint density at radius 2 is 1.82 bits per heavy atom. The maximum atomic E-state index is 13.4. The van der Waals surface area contributed by atoms with Gasteiger partial charge in [-0.15, -0.1) is 12.4 Å². The lowest BCUT2D eigenvalue weighted by Gasteiger charge is -2.37. The zero-order valence-electron chi connectivity index (χ0n) is 18.9. The van der Waals surface area contributed by atoms with Gasteiger partial charge in [0.1, 0.15) is 0 Å². The highest BCUT2D eigenvalue weighted by Crippen LogP contribution is 2.46. The molecule has 4 nitrogen and oxygen atoms in total. The number of rotatable bonds is 5. The van der Waals surface area contributed by atoms with Gasteiger partial charge in [0.15, 0.2) is 0 Å². The molecular weight excluding hydrogens is 463 g/mol. The van der Waals surface area contributed by atoms with E-state index in [1.54, 1.807) is 6.07 Å². The summed E-state index contributed by atoms with van der Waals surface area (Å²) in [5, 5.41) is 11.6. The molecule has 4 rings (SSSR count). The van der Waals surface area contributed by atoms with Gasteiger partial charge in [-0.05, 0) is 67.3 Å². The summed E-state index contributed by atoms with van der Waals surface area (Å²) in [5.74, 6) is -0.340. The van der Waals surface area contributed by atoms with E-state index in [2.05, 4.69) is 34.5 Å². The molecule has 1 saturated carbocycles. The molecule has 2 aliphatic rings. The van der Waals surface area contributed by atoms with Gasteiger partial charge in [0.05, 0.1) is 17.2 Å². The first-order valence-electron chi connectivity index (χ1n) is 11.4. The van der Waals surface area contributed by atoms with Crippen molar-refractivity contribution in [2.45, 2.75) is 51.4 Å². The summed E-state index contributed by atoms with van der Waals surface area (Å²) in [5.41, 5.74) is 0.627. The molecular formula is C26H29ClF3N3O. The number of alkyl halides is 3. The lowest BCUT2D eigenvalue weighted by molar-refractivity contribution is -0.138. The lowest BCUT2D eigenvalue weighted by atomic mass is 9.70. The van der Waals surface area contributed by atoms with Crippen LogP contribution in [0.3, 0.4) is 0 Å². The molecule has 1 heterocycles. The van der Waals surface area contributed by atoms with Gasteiger partial charge in [-0.1, -0.05) is 36.4 Å². The molecule has 0 radical (unpaired) electrons. The van der Waals surface area contributed by atoms with Crippen molar-refractivity contribution in [3.8, 4) is 6.07 Å². The summed E-state index contributed by atoms with van der Waals surface area (Å²) in [7, 11) is 0. The fraction of sp³-hybridized carbons (Fsp3) is 0.462. The van der Waals surface area contributed by atoms with Crippen LogP contribution >= 0.6 is 12.4 Å². The summed E-state index contributed by atoms with van der Waals surface area (Å²) >= 11 is 0. The average Bonchev–Trinajstić information content (AvgIpc) is 3.19. The maximum Gasteiger partial charge on any atom is 0.416 e. The van der Waals surface area contributed by atoms with Gasteiger partial charge in [0, 0.05) is 25.6 Å². The Morgan fingerprint density at radius 3 is 2.47 bits per heavy atom. The summed E-state index contributed by atoms with van der Waals surface area (Å²) in [4.78, 5) is 15.2. The van der Waals surface area contributed by atoms with Crippen molar-refractivity contribution in [3.05, 3.63) is 70.8 Å². The van der Waals surface area contributed by atoms with Gasteiger partial charge in [0.25, 0.3) is 0 Å². The van der Waals surface area contributed by atoms with E-state index in [9.17, 15) is 18.0 Å². The zero-order valence-corrected chi connectivity index (χ0v) is 19.7. The quantitative estimate of drug-likeness (QED) is 0.584. The second-order valence-electron chi connectivity index (χ2n) is 9.42. The van der Waals surface area contributed by atoms with Crippen molar-refractivity contribution >= 4 is 18.3 Å². The SMILES string of the molecule is Cl.N#Cc1ccc(CNC(=O)C2CCC3(CC2)CCN(Cc2ccccc2)C3)c(C(F)(F)F)c1.